The van der Waals surface area contributed by atoms with Gasteiger partial charge in [0.15, 0.2) is 11.5 Å². The van der Waals surface area contributed by atoms with Gasteiger partial charge in [-0.05, 0) is 36.8 Å². The minimum absolute atomic E-state index is 0.0236. The fraction of sp³-hybridized carbons (Fsp3) is 0.200. The van der Waals surface area contributed by atoms with Gasteiger partial charge < -0.3 is 14.8 Å². The predicted molar refractivity (Wildman–Crippen MR) is 83.1 cm³/mol. The number of halogens is 4. The van der Waals surface area contributed by atoms with Gasteiger partial charge in [0.1, 0.15) is 5.69 Å². The number of ether oxygens (including phenoxy) is 1. The molecule has 0 atom stereocenters. The van der Waals surface area contributed by atoms with Crippen molar-refractivity contribution in [2.75, 3.05) is 6.61 Å². The lowest BCUT2D eigenvalue weighted by Crippen LogP contribution is -2.19. The molecule has 0 fully saturated rings. The number of phenols is 1. The Morgan fingerprint density at radius 3 is 2.67 bits per heavy atom. The van der Waals surface area contributed by atoms with Crippen molar-refractivity contribution in [3.63, 3.8) is 0 Å². The molecule has 2 aromatic rings. The molecule has 24 heavy (non-hydrogen) atoms. The van der Waals surface area contributed by atoms with E-state index in [9.17, 15) is 23.1 Å². The number of hydrogen-bond donors (Lipinski definition) is 2. The van der Waals surface area contributed by atoms with Gasteiger partial charge in [0, 0.05) is 0 Å². The first kappa shape index (κ1) is 17.9. The molecular weight excluding hydrogens is 349 g/mol. The number of nitrogens with one attached hydrogen (secondary N) is 1. The molecule has 0 aliphatic rings. The van der Waals surface area contributed by atoms with E-state index in [1.165, 1.54) is 24.3 Å². The number of H-pyrrole nitrogens is 1. The standard InChI is InChI=1S/C15H12ClF3N2O3/c1-2-24-11-6-8(5-10(16)13(11)22)3-4-9-7-12(15(17,18)19)21-14(23)20-9/h3-7,22H,2H2,1H3,(H,20,21,23). The van der Waals surface area contributed by atoms with Crippen LogP contribution < -0.4 is 10.4 Å². The molecule has 1 heterocycles. The SMILES string of the molecule is CCOc1cc(C=Cc2cc(C(F)(F)F)[nH]c(=O)n2)cc(Cl)c1O. The van der Waals surface area contributed by atoms with E-state index in [1.807, 2.05) is 0 Å². The molecule has 5 nitrogen and oxygen atoms in total. The van der Waals surface area contributed by atoms with Gasteiger partial charge in [0.25, 0.3) is 0 Å². The van der Waals surface area contributed by atoms with E-state index in [2.05, 4.69) is 4.98 Å². The first-order valence-corrected chi connectivity index (χ1v) is 7.10. The summed E-state index contributed by atoms with van der Waals surface area (Å²) >= 11 is 5.86. The first-order valence-electron chi connectivity index (χ1n) is 6.72. The van der Waals surface area contributed by atoms with Crippen LogP contribution in [0.3, 0.4) is 0 Å². The van der Waals surface area contributed by atoms with Crippen LogP contribution in [0, 0.1) is 0 Å². The van der Waals surface area contributed by atoms with Crippen LogP contribution in [0.5, 0.6) is 11.5 Å². The number of hydrogen-bond acceptors (Lipinski definition) is 4. The van der Waals surface area contributed by atoms with Crippen molar-refractivity contribution in [1.82, 2.24) is 9.97 Å². The number of rotatable bonds is 4. The van der Waals surface area contributed by atoms with Gasteiger partial charge in [0.05, 0.1) is 17.3 Å². The average molecular weight is 361 g/mol. The molecule has 0 saturated carbocycles. The van der Waals surface area contributed by atoms with Gasteiger partial charge >= 0.3 is 11.9 Å². The van der Waals surface area contributed by atoms with Crippen molar-refractivity contribution in [3.05, 3.63) is 50.7 Å². The Hall–Kier alpha value is -2.48. The highest BCUT2D eigenvalue weighted by molar-refractivity contribution is 6.32. The highest BCUT2D eigenvalue weighted by atomic mass is 35.5. The zero-order valence-corrected chi connectivity index (χ0v) is 13.1. The molecule has 2 N–H and O–H groups in total. The maximum atomic E-state index is 12.7. The third kappa shape index (κ3) is 4.29. The van der Waals surface area contributed by atoms with Crippen LogP contribution in [0.4, 0.5) is 13.2 Å². The zero-order chi connectivity index (χ0) is 17.9. The fourth-order valence-corrected chi connectivity index (χ4v) is 2.07. The normalized spacial score (nSPS) is 11.9. The lowest BCUT2D eigenvalue weighted by Gasteiger charge is -2.08. The van der Waals surface area contributed by atoms with E-state index in [0.717, 1.165) is 0 Å². The summed E-state index contributed by atoms with van der Waals surface area (Å²) in [5.74, 6) is -0.0937. The quantitative estimate of drug-likeness (QED) is 0.871. The summed E-state index contributed by atoms with van der Waals surface area (Å²) in [5.41, 5.74) is -2.02. The van der Waals surface area contributed by atoms with E-state index in [-0.39, 0.29) is 22.2 Å². The predicted octanol–water partition coefficient (Wildman–Crippen LogP) is 3.72. The highest BCUT2D eigenvalue weighted by Crippen LogP contribution is 2.35. The molecule has 0 unspecified atom stereocenters. The van der Waals surface area contributed by atoms with Crippen LogP contribution in [0.25, 0.3) is 12.2 Å². The van der Waals surface area contributed by atoms with Gasteiger partial charge in [-0.3, -0.25) is 0 Å². The Kier molecular flexibility index (Phi) is 5.18. The van der Waals surface area contributed by atoms with Crippen molar-refractivity contribution < 1.29 is 23.0 Å². The Morgan fingerprint density at radius 1 is 1.33 bits per heavy atom. The summed E-state index contributed by atoms with van der Waals surface area (Å²) in [4.78, 5) is 16.3. The van der Waals surface area contributed by atoms with Crippen LogP contribution in [-0.4, -0.2) is 21.7 Å². The molecule has 0 amide bonds. The number of alkyl halides is 3. The lowest BCUT2D eigenvalue weighted by molar-refractivity contribution is -0.141. The maximum Gasteiger partial charge on any atom is 0.431 e. The minimum Gasteiger partial charge on any atom is -0.503 e. The third-order valence-electron chi connectivity index (χ3n) is 2.87. The van der Waals surface area contributed by atoms with E-state index < -0.39 is 17.6 Å². The van der Waals surface area contributed by atoms with Crippen LogP contribution in [0.2, 0.25) is 5.02 Å². The van der Waals surface area contributed by atoms with E-state index >= 15 is 0 Å². The summed E-state index contributed by atoms with van der Waals surface area (Å²) in [6.45, 7) is 2.01. The molecular formula is C15H12ClF3N2O3. The summed E-state index contributed by atoms with van der Waals surface area (Å²) in [5, 5.41) is 9.76. The second-order valence-corrected chi connectivity index (χ2v) is 5.05. The summed E-state index contributed by atoms with van der Waals surface area (Å²) < 4.78 is 43.2. The summed E-state index contributed by atoms with van der Waals surface area (Å²) in [7, 11) is 0. The van der Waals surface area contributed by atoms with Crippen LogP contribution in [-0.2, 0) is 6.18 Å². The summed E-state index contributed by atoms with van der Waals surface area (Å²) in [6.07, 6.45) is -2.06. The highest BCUT2D eigenvalue weighted by Gasteiger charge is 2.32. The van der Waals surface area contributed by atoms with Crippen molar-refractivity contribution in [3.8, 4) is 11.5 Å². The van der Waals surface area contributed by atoms with Gasteiger partial charge in [-0.15, -0.1) is 0 Å². The smallest absolute Gasteiger partial charge is 0.431 e. The molecule has 1 aromatic carbocycles. The van der Waals surface area contributed by atoms with E-state index in [4.69, 9.17) is 16.3 Å². The van der Waals surface area contributed by atoms with Crippen LogP contribution >= 0.6 is 11.6 Å². The average Bonchev–Trinajstić information content (AvgIpc) is 2.49. The van der Waals surface area contributed by atoms with Crippen molar-refractivity contribution in [1.29, 1.82) is 0 Å². The third-order valence-corrected chi connectivity index (χ3v) is 3.16. The lowest BCUT2D eigenvalue weighted by atomic mass is 10.1. The number of phenolic OH excluding ortho intramolecular Hbond substituents is 1. The number of nitrogens with zero attached hydrogens (tertiary/aromatic N) is 1. The van der Waals surface area contributed by atoms with Gasteiger partial charge in [-0.25, -0.2) is 4.79 Å². The largest absolute Gasteiger partial charge is 0.503 e. The molecule has 0 bridgehead atoms. The Labute approximate surface area is 139 Å². The van der Waals surface area contributed by atoms with Crippen LogP contribution in [0.1, 0.15) is 23.9 Å². The fourth-order valence-electron chi connectivity index (χ4n) is 1.85. The number of aromatic nitrogens is 2. The Balaban J connectivity index is 2.38. The molecule has 0 aliphatic carbocycles. The Morgan fingerprint density at radius 2 is 2.04 bits per heavy atom. The number of aromatic amines is 1. The molecule has 1 aromatic heterocycles. The van der Waals surface area contributed by atoms with Crippen molar-refractivity contribution >= 4 is 23.8 Å². The minimum atomic E-state index is -4.69. The molecule has 128 valence electrons. The van der Waals surface area contributed by atoms with Gasteiger partial charge in [-0.1, -0.05) is 17.7 Å². The number of benzene rings is 1. The molecule has 0 saturated heterocycles. The molecule has 0 aliphatic heterocycles. The monoisotopic (exact) mass is 360 g/mol. The van der Waals surface area contributed by atoms with Crippen molar-refractivity contribution in [2.45, 2.75) is 13.1 Å². The van der Waals surface area contributed by atoms with E-state index in [1.54, 1.807) is 11.9 Å². The van der Waals surface area contributed by atoms with Crippen molar-refractivity contribution in [2.24, 2.45) is 0 Å². The number of aromatic hydroxyl groups is 1. The molecule has 2 rings (SSSR count). The van der Waals surface area contributed by atoms with Gasteiger partial charge in [0.2, 0.25) is 0 Å². The second kappa shape index (κ2) is 6.96. The topological polar surface area (TPSA) is 75.2 Å². The van der Waals surface area contributed by atoms with Gasteiger partial charge in [-0.2, -0.15) is 18.2 Å². The second-order valence-electron chi connectivity index (χ2n) is 4.64. The van der Waals surface area contributed by atoms with E-state index in [0.29, 0.717) is 18.2 Å². The zero-order valence-electron chi connectivity index (χ0n) is 12.3. The molecule has 9 heteroatoms. The first-order chi connectivity index (χ1) is 11.2. The molecule has 0 spiro atoms. The maximum absolute atomic E-state index is 12.7. The summed E-state index contributed by atoms with van der Waals surface area (Å²) in [6, 6.07) is 3.57. The Bertz CT molecular complexity index is 832. The molecule has 0 radical (unpaired) electrons. The van der Waals surface area contributed by atoms with Crippen LogP contribution in [0.15, 0.2) is 23.0 Å².